The van der Waals surface area contributed by atoms with E-state index in [4.69, 9.17) is 0 Å². The Morgan fingerprint density at radius 1 is 1.50 bits per heavy atom. The molecule has 0 saturated heterocycles. The zero-order valence-electron chi connectivity index (χ0n) is 13.3. The first-order valence-electron chi connectivity index (χ1n) is 7.30. The van der Waals surface area contributed by atoms with Crippen LogP contribution in [-0.2, 0) is 12.0 Å². The molecule has 0 radical (unpaired) electrons. The lowest BCUT2D eigenvalue weighted by Gasteiger charge is -2.22. The highest BCUT2D eigenvalue weighted by Crippen LogP contribution is 2.25. The van der Waals surface area contributed by atoms with E-state index >= 15 is 0 Å². The Morgan fingerprint density at radius 2 is 2.23 bits per heavy atom. The molecule has 1 atom stereocenters. The van der Waals surface area contributed by atoms with Crippen molar-refractivity contribution in [3.05, 3.63) is 38.0 Å². The predicted octanol–water partition coefficient (Wildman–Crippen LogP) is 3.35. The van der Waals surface area contributed by atoms with E-state index < -0.39 is 5.60 Å². The van der Waals surface area contributed by atoms with Crippen molar-refractivity contribution < 1.29 is 9.90 Å². The maximum absolute atomic E-state index is 12.3. The van der Waals surface area contributed by atoms with Crippen LogP contribution in [0.2, 0.25) is 0 Å². The number of carbonyl (C=O) groups is 1. The van der Waals surface area contributed by atoms with Crippen LogP contribution in [0.3, 0.4) is 0 Å². The summed E-state index contributed by atoms with van der Waals surface area (Å²) in [5.74, 6) is 0.350. The molecule has 1 amide bonds. The molecule has 0 spiro atoms. The molecule has 2 heterocycles. The minimum Gasteiger partial charge on any atom is -0.383 e. The van der Waals surface area contributed by atoms with Crippen molar-refractivity contribution in [2.45, 2.75) is 39.7 Å². The van der Waals surface area contributed by atoms with Crippen LogP contribution in [0.15, 0.2) is 17.5 Å². The van der Waals surface area contributed by atoms with Gasteiger partial charge < -0.3 is 10.4 Å². The molecule has 2 aromatic rings. The molecule has 2 rings (SSSR count). The normalized spacial score (nSPS) is 14.1. The largest absolute Gasteiger partial charge is 0.383 e. The number of carbonyl (C=O) groups excluding carboxylic acids is 1. The summed E-state index contributed by atoms with van der Waals surface area (Å²) >= 11 is 2.92. The summed E-state index contributed by atoms with van der Waals surface area (Å²) in [6.07, 6.45) is 0.881. The Morgan fingerprint density at radius 3 is 2.82 bits per heavy atom. The summed E-state index contributed by atoms with van der Waals surface area (Å²) in [4.78, 5) is 18.3. The van der Waals surface area contributed by atoms with Crippen molar-refractivity contribution in [2.75, 3.05) is 6.54 Å². The van der Waals surface area contributed by atoms with E-state index in [1.54, 1.807) is 6.92 Å². The first-order chi connectivity index (χ1) is 10.3. The molecule has 0 fully saturated rings. The fraction of sp³-hybridized carbons (Fsp3) is 0.500. The van der Waals surface area contributed by atoms with Crippen LogP contribution in [0.5, 0.6) is 0 Å². The van der Waals surface area contributed by atoms with Gasteiger partial charge in [0.05, 0.1) is 17.2 Å². The van der Waals surface area contributed by atoms with Gasteiger partial charge in [0.25, 0.3) is 5.91 Å². The van der Waals surface area contributed by atoms with Crippen LogP contribution in [0.25, 0.3) is 0 Å². The number of hydrogen-bond acceptors (Lipinski definition) is 5. The molecule has 4 nitrogen and oxygen atoms in total. The van der Waals surface area contributed by atoms with E-state index in [0.29, 0.717) is 10.8 Å². The fourth-order valence-corrected chi connectivity index (χ4v) is 4.08. The van der Waals surface area contributed by atoms with Gasteiger partial charge in [-0.1, -0.05) is 19.9 Å². The predicted molar refractivity (Wildman–Crippen MR) is 91.6 cm³/mol. The number of aromatic nitrogens is 1. The minimum atomic E-state index is -1.05. The van der Waals surface area contributed by atoms with Crippen LogP contribution >= 0.6 is 22.7 Å². The van der Waals surface area contributed by atoms with Crippen molar-refractivity contribution in [1.29, 1.82) is 0 Å². The van der Waals surface area contributed by atoms with Gasteiger partial charge in [-0.2, -0.15) is 0 Å². The molecule has 0 aromatic carbocycles. The Bertz CT molecular complexity index is 631. The Balaban J connectivity index is 2.02. The molecule has 0 aliphatic heterocycles. The average Bonchev–Trinajstić information content (AvgIpc) is 3.05. The minimum absolute atomic E-state index is 0.165. The molecule has 2 aromatic heterocycles. The lowest BCUT2D eigenvalue weighted by Crippen LogP contribution is -2.38. The molecule has 0 saturated carbocycles. The topological polar surface area (TPSA) is 62.2 Å². The number of rotatable bonds is 6. The number of thiazole rings is 1. The van der Waals surface area contributed by atoms with E-state index in [9.17, 15) is 9.90 Å². The molecule has 120 valence electrons. The van der Waals surface area contributed by atoms with Gasteiger partial charge in [-0.25, -0.2) is 4.98 Å². The van der Waals surface area contributed by atoms with Crippen LogP contribution < -0.4 is 5.32 Å². The fourth-order valence-electron chi connectivity index (χ4n) is 2.10. The summed E-state index contributed by atoms with van der Waals surface area (Å²) in [6, 6.07) is 3.76. The number of aryl methyl sites for hydroxylation is 1. The summed E-state index contributed by atoms with van der Waals surface area (Å²) in [5, 5.41) is 16.2. The Kier molecular flexibility index (Phi) is 5.36. The van der Waals surface area contributed by atoms with Gasteiger partial charge >= 0.3 is 0 Å². The highest BCUT2D eigenvalue weighted by molar-refractivity contribution is 7.13. The summed E-state index contributed by atoms with van der Waals surface area (Å²) in [7, 11) is 0. The van der Waals surface area contributed by atoms with Crippen LogP contribution in [-0.4, -0.2) is 22.5 Å². The van der Waals surface area contributed by atoms with E-state index in [1.807, 2.05) is 24.4 Å². The summed E-state index contributed by atoms with van der Waals surface area (Å²) in [5.41, 5.74) is -0.294. The van der Waals surface area contributed by atoms with Crippen LogP contribution in [0, 0.1) is 12.8 Å². The third-order valence-corrected chi connectivity index (χ3v) is 5.58. The molecule has 0 aliphatic rings. The molecule has 1 unspecified atom stereocenters. The zero-order chi connectivity index (χ0) is 16.3. The maximum atomic E-state index is 12.3. The maximum Gasteiger partial charge on any atom is 0.263 e. The number of aliphatic hydroxyl groups is 1. The quantitative estimate of drug-likeness (QED) is 0.849. The van der Waals surface area contributed by atoms with E-state index in [0.717, 1.165) is 22.0 Å². The average molecular weight is 338 g/mol. The van der Waals surface area contributed by atoms with Gasteiger partial charge in [0.2, 0.25) is 0 Å². The molecule has 0 aliphatic carbocycles. The number of hydrogen-bond donors (Lipinski definition) is 2. The first kappa shape index (κ1) is 17.1. The van der Waals surface area contributed by atoms with Crippen molar-refractivity contribution in [1.82, 2.24) is 10.3 Å². The molecule has 22 heavy (non-hydrogen) atoms. The second-order valence-electron chi connectivity index (χ2n) is 6.05. The smallest absolute Gasteiger partial charge is 0.263 e. The van der Waals surface area contributed by atoms with Crippen LogP contribution in [0.4, 0.5) is 0 Å². The Labute approximate surface area is 139 Å². The van der Waals surface area contributed by atoms with Crippen molar-refractivity contribution in [3.63, 3.8) is 0 Å². The highest BCUT2D eigenvalue weighted by atomic mass is 32.1. The lowest BCUT2D eigenvalue weighted by atomic mass is 10.1. The number of amides is 1. The summed E-state index contributed by atoms with van der Waals surface area (Å²) in [6.45, 7) is 8.02. The number of nitrogens with one attached hydrogen (secondary N) is 1. The van der Waals surface area contributed by atoms with Crippen molar-refractivity contribution in [3.8, 4) is 0 Å². The Hall–Kier alpha value is -1.24. The number of nitrogens with zero attached hydrogens (tertiary/aromatic N) is 1. The second kappa shape index (κ2) is 6.89. The van der Waals surface area contributed by atoms with E-state index in [-0.39, 0.29) is 12.5 Å². The van der Waals surface area contributed by atoms with Gasteiger partial charge in [0.1, 0.15) is 10.5 Å². The number of thiophene rings is 1. The molecule has 6 heteroatoms. The molecule has 2 N–H and O–H groups in total. The first-order valence-corrected chi connectivity index (χ1v) is 9.00. The molecule has 0 bridgehead atoms. The standard InChI is InChI=1S/C16H22N2O2S2/c1-10(2)8-13-18-11(3)14(22-13)15(19)17-9-16(4,20)12-6-5-7-21-12/h5-7,10,20H,8-9H2,1-4H3,(H,17,19). The van der Waals surface area contributed by atoms with Crippen LogP contribution in [0.1, 0.15) is 46.0 Å². The molecular formula is C16H22N2O2S2. The van der Waals surface area contributed by atoms with Crippen molar-refractivity contribution >= 4 is 28.6 Å². The SMILES string of the molecule is Cc1nc(CC(C)C)sc1C(=O)NCC(C)(O)c1cccs1. The zero-order valence-corrected chi connectivity index (χ0v) is 15.0. The van der Waals surface area contributed by atoms with Crippen molar-refractivity contribution in [2.24, 2.45) is 5.92 Å². The van der Waals surface area contributed by atoms with Gasteiger partial charge in [0.15, 0.2) is 0 Å². The van der Waals surface area contributed by atoms with Gasteiger partial charge in [-0.05, 0) is 31.2 Å². The van der Waals surface area contributed by atoms with Gasteiger partial charge in [-0.3, -0.25) is 4.79 Å². The lowest BCUT2D eigenvalue weighted by molar-refractivity contribution is 0.0557. The monoisotopic (exact) mass is 338 g/mol. The van der Waals surface area contributed by atoms with E-state index in [1.165, 1.54) is 22.7 Å². The second-order valence-corrected chi connectivity index (χ2v) is 8.09. The van der Waals surface area contributed by atoms with Gasteiger partial charge in [0, 0.05) is 11.3 Å². The van der Waals surface area contributed by atoms with E-state index in [2.05, 4.69) is 24.1 Å². The van der Waals surface area contributed by atoms with Gasteiger partial charge in [-0.15, -0.1) is 22.7 Å². The third kappa shape index (κ3) is 4.15. The third-order valence-electron chi connectivity index (χ3n) is 3.28. The highest BCUT2D eigenvalue weighted by Gasteiger charge is 2.26. The molecular weight excluding hydrogens is 316 g/mol. The summed E-state index contributed by atoms with van der Waals surface area (Å²) < 4.78 is 0.